The first-order chi connectivity index (χ1) is 9.65. The first kappa shape index (κ1) is 12.8. The standard InChI is InChI=1S/C14H12N2O3S/c1-8-10-5-3-4-6-11(10)20-13(8)14(17)18-7-12-15-9(2)16-19-12/h3-6H,7H2,1-2H3. The molecular weight excluding hydrogens is 276 g/mol. The number of aryl methyl sites for hydroxylation is 2. The molecule has 20 heavy (non-hydrogen) atoms. The molecule has 3 rings (SSSR count). The predicted molar refractivity (Wildman–Crippen MR) is 74.7 cm³/mol. The van der Waals surface area contributed by atoms with Crippen molar-refractivity contribution >= 4 is 27.4 Å². The summed E-state index contributed by atoms with van der Waals surface area (Å²) in [5.74, 6) is 0.461. The molecule has 0 spiro atoms. The van der Waals surface area contributed by atoms with Crippen molar-refractivity contribution in [2.45, 2.75) is 20.5 Å². The fourth-order valence-corrected chi connectivity index (χ4v) is 3.06. The molecule has 0 saturated carbocycles. The Kier molecular flexibility index (Phi) is 3.23. The Labute approximate surface area is 119 Å². The van der Waals surface area contributed by atoms with Crippen LogP contribution < -0.4 is 0 Å². The molecule has 0 aliphatic carbocycles. The number of esters is 1. The summed E-state index contributed by atoms with van der Waals surface area (Å²) in [5, 5.41) is 4.73. The van der Waals surface area contributed by atoms with E-state index in [9.17, 15) is 4.79 Å². The zero-order valence-electron chi connectivity index (χ0n) is 11.0. The van der Waals surface area contributed by atoms with E-state index < -0.39 is 0 Å². The van der Waals surface area contributed by atoms with E-state index in [1.165, 1.54) is 11.3 Å². The highest BCUT2D eigenvalue weighted by atomic mass is 32.1. The van der Waals surface area contributed by atoms with Gasteiger partial charge in [0.1, 0.15) is 4.88 Å². The van der Waals surface area contributed by atoms with Crippen LogP contribution >= 0.6 is 11.3 Å². The van der Waals surface area contributed by atoms with Crippen LogP contribution in [0.15, 0.2) is 28.8 Å². The molecule has 5 nitrogen and oxygen atoms in total. The van der Waals surface area contributed by atoms with Crippen LogP contribution in [0, 0.1) is 13.8 Å². The molecule has 2 aromatic heterocycles. The fourth-order valence-electron chi connectivity index (χ4n) is 1.96. The SMILES string of the molecule is Cc1noc(COC(=O)c2sc3ccccc3c2C)n1. The third-order valence-electron chi connectivity index (χ3n) is 2.93. The van der Waals surface area contributed by atoms with Crippen molar-refractivity contribution in [3.05, 3.63) is 46.4 Å². The van der Waals surface area contributed by atoms with Crippen LogP contribution in [0.3, 0.4) is 0 Å². The number of aromatic nitrogens is 2. The van der Waals surface area contributed by atoms with Crippen molar-refractivity contribution < 1.29 is 14.1 Å². The molecular formula is C14H12N2O3S. The van der Waals surface area contributed by atoms with Crippen LogP contribution in [-0.2, 0) is 11.3 Å². The van der Waals surface area contributed by atoms with Gasteiger partial charge in [0.05, 0.1) is 0 Å². The molecule has 0 saturated heterocycles. The molecule has 0 amide bonds. The lowest BCUT2D eigenvalue weighted by molar-refractivity contribution is 0.0435. The third kappa shape index (κ3) is 2.30. The molecule has 3 aromatic rings. The summed E-state index contributed by atoms with van der Waals surface area (Å²) in [6.07, 6.45) is 0. The van der Waals surface area contributed by atoms with E-state index in [2.05, 4.69) is 10.1 Å². The van der Waals surface area contributed by atoms with Gasteiger partial charge >= 0.3 is 5.97 Å². The summed E-state index contributed by atoms with van der Waals surface area (Å²) in [5.41, 5.74) is 0.942. The summed E-state index contributed by atoms with van der Waals surface area (Å²) in [4.78, 5) is 16.7. The first-order valence-corrected chi connectivity index (χ1v) is 6.91. The van der Waals surface area contributed by atoms with Crippen molar-refractivity contribution in [3.63, 3.8) is 0 Å². The molecule has 2 heterocycles. The van der Waals surface area contributed by atoms with Gasteiger partial charge in [-0.25, -0.2) is 4.79 Å². The summed E-state index contributed by atoms with van der Waals surface area (Å²) >= 11 is 1.43. The zero-order chi connectivity index (χ0) is 14.1. The maximum Gasteiger partial charge on any atom is 0.349 e. The number of carbonyl (C=O) groups is 1. The summed E-state index contributed by atoms with van der Waals surface area (Å²) < 4.78 is 11.2. The summed E-state index contributed by atoms with van der Waals surface area (Å²) in [6, 6.07) is 7.90. The smallest absolute Gasteiger partial charge is 0.349 e. The highest BCUT2D eigenvalue weighted by Crippen LogP contribution is 2.31. The van der Waals surface area contributed by atoms with Gasteiger partial charge in [0, 0.05) is 4.70 Å². The number of ether oxygens (including phenoxy) is 1. The van der Waals surface area contributed by atoms with Crippen LogP contribution in [-0.4, -0.2) is 16.1 Å². The molecule has 102 valence electrons. The van der Waals surface area contributed by atoms with Crippen LogP contribution in [0.2, 0.25) is 0 Å². The molecule has 0 radical (unpaired) electrons. The monoisotopic (exact) mass is 288 g/mol. The number of fused-ring (bicyclic) bond motifs is 1. The molecule has 0 aliphatic heterocycles. The molecule has 0 bridgehead atoms. The number of carbonyl (C=O) groups excluding carboxylic acids is 1. The van der Waals surface area contributed by atoms with Gasteiger partial charge in [-0.2, -0.15) is 4.98 Å². The second-order valence-electron chi connectivity index (χ2n) is 4.36. The van der Waals surface area contributed by atoms with Crippen LogP contribution in [0.25, 0.3) is 10.1 Å². The molecule has 0 N–H and O–H groups in total. The van der Waals surface area contributed by atoms with E-state index in [0.29, 0.717) is 16.6 Å². The van der Waals surface area contributed by atoms with Crippen molar-refractivity contribution in [3.8, 4) is 0 Å². The second-order valence-corrected chi connectivity index (χ2v) is 5.42. The molecule has 0 fully saturated rings. The third-order valence-corrected chi connectivity index (χ3v) is 4.18. The van der Waals surface area contributed by atoms with E-state index >= 15 is 0 Å². The van der Waals surface area contributed by atoms with Gasteiger partial charge in [-0.15, -0.1) is 11.3 Å². The predicted octanol–water partition coefficient (Wildman–Crippen LogP) is 3.26. The lowest BCUT2D eigenvalue weighted by atomic mass is 10.1. The Morgan fingerprint density at radius 3 is 2.85 bits per heavy atom. The summed E-state index contributed by atoms with van der Waals surface area (Å²) in [7, 11) is 0. The van der Waals surface area contributed by atoms with Crippen LogP contribution in [0.4, 0.5) is 0 Å². The normalized spacial score (nSPS) is 10.9. The van der Waals surface area contributed by atoms with Gasteiger partial charge in [0.15, 0.2) is 12.4 Å². The lowest BCUT2D eigenvalue weighted by Crippen LogP contribution is -2.04. The second kappa shape index (κ2) is 5.05. The Hall–Kier alpha value is -2.21. The Morgan fingerprint density at radius 1 is 1.35 bits per heavy atom. The van der Waals surface area contributed by atoms with Gasteiger partial charge in [-0.1, -0.05) is 23.4 Å². The molecule has 0 unspecified atom stereocenters. The van der Waals surface area contributed by atoms with Gasteiger partial charge in [0.25, 0.3) is 5.89 Å². The minimum absolute atomic E-state index is 0.00659. The van der Waals surface area contributed by atoms with Crippen molar-refractivity contribution in [1.29, 1.82) is 0 Å². The number of rotatable bonds is 3. The Bertz CT molecular complexity index is 776. The number of hydrogen-bond acceptors (Lipinski definition) is 6. The van der Waals surface area contributed by atoms with Crippen LogP contribution in [0.1, 0.15) is 27.0 Å². The topological polar surface area (TPSA) is 65.2 Å². The molecule has 1 aromatic carbocycles. The summed E-state index contributed by atoms with van der Waals surface area (Å²) in [6.45, 7) is 3.63. The van der Waals surface area contributed by atoms with E-state index in [1.807, 2.05) is 31.2 Å². The molecule has 0 atom stereocenters. The van der Waals surface area contributed by atoms with E-state index in [4.69, 9.17) is 9.26 Å². The highest BCUT2D eigenvalue weighted by molar-refractivity contribution is 7.21. The minimum Gasteiger partial charge on any atom is -0.451 e. The number of nitrogens with zero attached hydrogens (tertiary/aromatic N) is 2. The van der Waals surface area contributed by atoms with Crippen LogP contribution in [0.5, 0.6) is 0 Å². The Balaban J connectivity index is 1.80. The maximum absolute atomic E-state index is 12.1. The quantitative estimate of drug-likeness (QED) is 0.692. The zero-order valence-corrected chi connectivity index (χ0v) is 11.9. The lowest BCUT2D eigenvalue weighted by Gasteiger charge is -2.00. The van der Waals surface area contributed by atoms with Gasteiger partial charge in [-0.3, -0.25) is 0 Å². The van der Waals surface area contributed by atoms with Crippen molar-refractivity contribution in [2.24, 2.45) is 0 Å². The minimum atomic E-state index is -0.362. The number of hydrogen-bond donors (Lipinski definition) is 0. The van der Waals surface area contributed by atoms with Gasteiger partial charge in [-0.05, 0) is 30.9 Å². The highest BCUT2D eigenvalue weighted by Gasteiger charge is 2.17. The first-order valence-electron chi connectivity index (χ1n) is 6.09. The molecule has 0 aliphatic rings. The number of benzene rings is 1. The molecule has 6 heteroatoms. The van der Waals surface area contributed by atoms with E-state index in [0.717, 1.165) is 15.6 Å². The Morgan fingerprint density at radius 2 is 2.15 bits per heavy atom. The average molecular weight is 288 g/mol. The largest absolute Gasteiger partial charge is 0.451 e. The average Bonchev–Trinajstić information content (AvgIpc) is 3.01. The van der Waals surface area contributed by atoms with E-state index in [-0.39, 0.29) is 12.6 Å². The van der Waals surface area contributed by atoms with Crippen molar-refractivity contribution in [2.75, 3.05) is 0 Å². The maximum atomic E-state index is 12.1. The van der Waals surface area contributed by atoms with Crippen molar-refractivity contribution in [1.82, 2.24) is 10.1 Å². The van der Waals surface area contributed by atoms with E-state index in [1.54, 1.807) is 6.92 Å². The van der Waals surface area contributed by atoms with Gasteiger partial charge < -0.3 is 9.26 Å². The van der Waals surface area contributed by atoms with Gasteiger partial charge in [0.2, 0.25) is 0 Å². The fraction of sp³-hybridized carbons (Fsp3) is 0.214. The number of thiophene rings is 1.